The van der Waals surface area contributed by atoms with Crippen molar-refractivity contribution in [2.45, 2.75) is 76.0 Å². The number of amides is 2. The third-order valence-corrected chi connectivity index (χ3v) is 11.3. The average Bonchev–Trinajstić information content (AvgIpc) is 3.20. The molecule has 33 heavy (non-hydrogen) atoms. The lowest BCUT2D eigenvalue weighted by atomic mass is 9.83. The number of aromatic amines is 1. The van der Waals surface area contributed by atoms with Crippen LogP contribution in [0.1, 0.15) is 56.0 Å². The number of fused-ring (bicyclic) bond motifs is 1. The molecule has 1 fully saturated rings. The number of hydrogen-bond acceptors (Lipinski definition) is 4. The summed E-state index contributed by atoms with van der Waals surface area (Å²) in [6.45, 7) is 10.8. The summed E-state index contributed by atoms with van der Waals surface area (Å²) in [5, 5.41) is 10.2. The summed E-state index contributed by atoms with van der Waals surface area (Å²) in [5.74, 6) is -0.319. The Morgan fingerprint density at radius 2 is 1.91 bits per heavy atom. The highest BCUT2D eigenvalue weighted by molar-refractivity contribution is 6.83. The minimum absolute atomic E-state index is 0.0333. The Labute approximate surface area is 195 Å². The van der Waals surface area contributed by atoms with E-state index in [-0.39, 0.29) is 29.0 Å². The molecule has 1 aliphatic heterocycles. The van der Waals surface area contributed by atoms with Gasteiger partial charge in [-0.15, -0.1) is 0 Å². The molecule has 2 N–H and O–H groups in total. The maximum atomic E-state index is 14.4. The van der Waals surface area contributed by atoms with E-state index in [9.17, 15) is 14.0 Å². The fourth-order valence-corrected chi connectivity index (χ4v) is 7.84. The van der Waals surface area contributed by atoms with Gasteiger partial charge in [0.1, 0.15) is 5.82 Å². The first-order valence-electron chi connectivity index (χ1n) is 11.4. The number of benzene rings is 1. The zero-order valence-electron chi connectivity index (χ0n) is 20.2. The second-order valence-corrected chi connectivity index (χ2v) is 16.1. The number of H-pyrrole nitrogens is 1. The Hall–Kier alpha value is -2.52. The van der Waals surface area contributed by atoms with Crippen LogP contribution in [0.5, 0.6) is 0 Å². The highest BCUT2D eigenvalue weighted by atomic mass is 28.3. The predicted octanol–water partition coefficient (Wildman–Crippen LogP) is 4.71. The summed E-state index contributed by atoms with van der Waals surface area (Å²) in [5.41, 5.74) is 1.03. The molecule has 2 aromatic rings. The van der Waals surface area contributed by atoms with Gasteiger partial charge in [-0.25, -0.2) is 4.39 Å². The maximum absolute atomic E-state index is 14.4. The molecule has 2 aliphatic rings. The highest BCUT2D eigenvalue weighted by Crippen LogP contribution is 2.56. The fraction of sp³-hybridized carbons (Fsp3) is 0.542. The summed E-state index contributed by atoms with van der Waals surface area (Å²) in [4.78, 5) is 28.5. The molecule has 2 amide bonds. The Bertz CT molecular complexity index is 1090. The van der Waals surface area contributed by atoms with E-state index >= 15 is 0 Å². The normalized spacial score (nSPS) is 19.5. The molecule has 7 nitrogen and oxygen atoms in total. The average molecular weight is 473 g/mol. The van der Waals surface area contributed by atoms with Gasteiger partial charge < -0.3 is 15.0 Å². The minimum Gasteiger partial charge on any atom is -0.367 e. The van der Waals surface area contributed by atoms with Crippen molar-refractivity contribution in [3.05, 3.63) is 46.9 Å². The molecule has 1 aromatic heterocycles. The number of halogens is 1. The predicted molar refractivity (Wildman–Crippen MR) is 127 cm³/mol. The van der Waals surface area contributed by atoms with Crippen molar-refractivity contribution in [1.82, 2.24) is 15.1 Å². The number of carbonyl (C=O) groups excluding carboxylic acids is 2. The van der Waals surface area contributed by atoms with Gasteiger partial charge in [-0.05, 0) is 32.8 Å². The third-order valence-electron chi connectivity index (χ3n) is 7.69. The first-order chi connectivity index (χ1) is 15.4. The molecule has 9 heteroatoms. The zero-order valence-corrected chi connectivity index (χ0v) is 21.2. The van der Waals surface area contributed by atoms with E-state index in [0.29, 0.717) is 5.82 Å². The minimum atomic E-state index is -1.74. The van der Waals surface area contributed by atoms with Gasteiger partial charge in [-0.1, -0.05) is 44.3 Å². The van der Waals surface area contributed by atoms with Gasteiger partial charge in [0.25, 0.3) is 5.91 Å². The molecule has 1 aromatic carbocycles. The summed E-state index contributed by atoms with van der Waals surface area (Å²) < 4.78 is 19.9. The molecule has 0 bridgehead atoms. The molecule has 0 spiro atoms. The number of methoxy groups -OCH3 is 1. The first-order valence-corrected chi connectivity index (χ1v) is 14.9. The van der Waals surface area contributed by atoms with E-state index in [2.05, 4.69) is 35.2 Å². The lowest BCUT2D eigenvalue weighted by molar-refractivity contribution is -0.148. The molecule has 1 aliphatic carbocycles. The second-order valence-electron chi connectivity index (χ2n) is 10.7. The van der Waals surface area contributed by atoms with E-state index < -0.39 is 25.5 Å². The maximum Gasteiger partial charge on any atom is 0.257 e. The topological polar surface area (TPSA) is 87.3 Å². The summed E-state index contributed by atoms with van der Waals surface area (Å²) in [7, 11) is -0.333. The Morgan fingerprint density at radius 1 is 1.24 bits per heavy atom. The van der Waals surface area contributed by atoms with E-state index in [0.717, 1.165) is 30.5 Å². The van der Waals surface area contributed by atoms with E-state index in [4.69, 9.17) is 4.74 Å². The quantitative estimate of drug-likeness (QED) is 0.596. The van der Waals surface area contributed by atoms with Crippen LogP contribution in [0.15, 0.2) is 24.3 Å². The number of aromatic nitrogens is 2. The first kappa shape index (κ1) is 23.6. The van der Waals surface area contributed by atoms with Crippen LogP contribution in [0.3, 0.4) is 0 Å². The van der Waals surface area contributed by atoms with E-state index in [1.165, 1.54) is 13.2 Å². The molecule has 1 unspecified atom stereocenters. The van der Waals surface area contributed by atoms with Crippen molar-refractivity contribution in [2.75, 3.05) is 12.4 Å². The summed E-state index contributed by atoms with van der Waals surface area (Å²) in [6, 6.07) is 6.14. The SMILES string of the molecule is COC(C(=O)N1Cc2c(NC(=O)C3([Si](C)(C)C)CCC3)n[nH]c2C1(C)C)c1ccccc1F. The number of carbonyl (C=O) groups is 2. The standard InChI is InChI=1S/C24H33FN4O3Si/c1-23(2)19-16(14-29(23)21(30)18(32-3)15-10-7-8-11-17(15)25)20(28-27-19)26-22(31)24(12-9-13-24)33(4,5)6/h7-8,10-11,18H,9,12-14H2,1-6H3,(H2,26,27,28,31). The van der Waals surface area contributed by atoms with Gasteiger partial charge in [0, 0.05) is 23.3 Å². The van der Waals surface area contributed by atoms with Gasteiger partial charge in [0.05, 0.1) is 25.9 Å². The zero-order chi connectivity index (χ0) is 24.2. The number of ether oxygens (including phenoxy) is 1. The lowest BCUT2D eigenvalue weighted by Crippen LogP contribution is -2.52. The van der Waals surface area contributed by atoms with Crippen LogP contribution in [0, 0.1) is 5.82 Å². The number of rotatable bonds is 6. The molecule has 4 rings (SSSR count). The van der Waals surface area contributed by atoms with Crippen molar-refractivity contribution < 1.29 is 18.7 Å². The molecular formula is C24H33FN4O3Si. The molecule has 1 atom stereocenters. The summed E-state index contributed by atoms with van der Waals surface area (Å²) >= 11 is 0. The highest BCUT2D eigenvalue weighted by Gasteiger charge is 2.54. The second kappa shape index (κ2) is 8.05. The number of anilines is 1. The largest absolute Gasteiger partial charge is 0.367 e. The molecular weight excluding hydrogens is 439 g/mol. The van der Waals surface area contributed by atoms with Crippen molar-refractivity contribution in [3.63, 3.8) is 0 Å². The molecule has 0 saturated heterocycles. The number of hydrogen-bond donors (Lipinski definition) is 2. The third kappa shape index (κ3) is 3.61. The van der Waals surface area contributed by atoms with Gasteiger partial charge in [0.15, 0.2) is 11.9 Å². The van der Waals surface area contributed by atoms with Crippen LogP contribution in [0.4, 0.5) is 10.2 Å². The van der Waals surface area contributed by atoms with Crippen LogP contribution >= 0.6 is 0 Å². The smallest absolute Gasteiger partial charge is 0.257 e. The number of nitrogens with one attached hydrogen (secondary N) is 2. The molecule has 0 radical (unpaired) electrons. The Balaban J connectivity index is 1.60. The molecule has 2 heterocycles. The molecule has 178 valence electrons. The van der Waals surface area contributed by atoms with Crippen LogP contribution in [-0.4, -0.2) is 42.1 Å². The van der Waals surface area contributed by atoms with Gasteiger partial charge in [-0.2, -0.15) is 5.10 Å². The van der Waals surface area contributed by atoms with Gasteiger partial charge in [-0.3, -0.25) is 14.7 Å². The Morgan fingerprint density at radius 3 is 2.45 bits per heavy atom. The van der Waals surface area contributed by atoms with Crippen molar-refractivity contribution in [1.29, 1.82) is 0 Å². The fourth-order valence-electron chi connectivity index (χ4n) is 5.24. The Kier molecular flexibility index (Phi) is 5.77. The van der Waals surface area contributed by atoms with Crippen LogP contribution in [-0.2, 0) is 26.4 Å². The van der Waals surface area contributed by atoms with Crippen LogP contribution < -0.4 is 5.32 Å². The van der Waals surface area contributed by atoms with Crippen molar-refractivity contribution in [3.8, 4) is 0 Å². The monoisotopic (exact) mass is 472 g/mol. The summed E-state index contributed by atoms with van der Waals surface area (Å²) in [6.07, 6.45) is 1.83. The van der Waals surface area contributed by atoms with Gasteiger partial charge >= 0.3 is 0 Å². The van der Waals surface area contributed by atoms with Crippen LogP contribution in [0.25, 0.3) is 0 Å². The van der Waals surface area contributed by atoms with Crippen molar-refractivity contribution in [2.24, 2.45) is 0 Å². The van der Waals surface area contributed by atoms with Crippen LogP contribution in [0.2, 0.25) is 24.7 Å². The number of nitrogens with zero attached hydrogens (tertiary/aromatic N) is 2. The molecule has 1 saturated carbocycles. The van der Waals surface area contributed by atoms with E-state index in [1.54, 1.807) is 23.1 Å². The van der Waals surface area contributed by atoms with Gasteiger partial charge in [0.2, 0.25) is 5.91 Å². The lowest BCUT2D eigenvalue weighted by Gasteiger charge is -2.48. The van der Waals surface area contributed by atoms with Crippen molar-refractivity contribution >= 4 is 25.7 Å². The van der Waals surface area contributed by atoms with E-state index in [1.807, 2.05) is 13.8 Å².